The number of hydrogen-bond acceptors (Lipinski definition) is 4. The molecule has 2 rings (SSSR count). The number of rotatable bonds is 7. The number of anilines is 1. The van der Waals surface area contributed by atoms with Crippen molar-refractivity contribution in [2.75, 3.05) is 11.9 Å². The highest BCUT2D eigenvalue weighted by Gasteiger charge is 2.21. The van der Waals surface area contributed by atoms with Gasteiger partial charge in [0, 0.05) is 6.04 Å². The van der Waals surface area contributed by atoms with Crippen LogP contribution >= 0.6 is 0 Å². The van der Waals surface area contributed by atoms with Crippen LogP contribution in [-0.4, -0.2) is 22.6 Å². The van der Waals surface area contributed by atoms with Crippen molar-refractivity contribution < 1.29 is 4.74 Å². The molecule has 1 saturated carbocycles. The van der Waals surface area contributed by atoms with Crippen molar-refractivity contribution >= 4 is 5.82 Å². The van der Waals surface area contributed by atoms with Crippen LogP contribution in [0.1, 0.15) is 39.5 Å². The lowest BCUT2D eigenvalue weighted by atomic mass is 10.1. The van der Waals surface area contributed by atoms with Gasteiger partial charge in [-0.2, -0.15) is 4.98 Å². The Bertz CT molecular complexity index is 352. The van der Waals surface area contributed by atoms with E-state index < -0.39 is 0 Å². The number of hydrogen-bond donors (Lipinski definition) is 1. The molecule has 0 amide bonds. The van der Waals surface area contributed by atoms with E-state index in [0.29, 0.717) is 18.5 Å². The van der Waals surface area contributed by atoms with Crippen LogP contribution in [0.2, 0.25) is 0 Å². The van der Waals surface area contributed by atoms with Gasteiger partial charge in [-0.15, -0.1) is 0 Å². The second-order valence-corrected chi connectivity index (χ2v) is 4.74. The lowest BCUT2D eigenvalue weighted by Crippen LogP contribution is -2.16. The molecule has 4 heteroatoms. The third-order valence-electron chi connectivity index (χ3n) is 3.00. The predicted molar refractivity (Wildman–Crippen MR) is 68.2 cm³/mol. The molecular weight excluding hydrogens is 214 g/mol. The molecule has 94 valence electrons. The minimum absolute atomic E-state index is 0.446. The molecule has 0 aliphatic heterocycles. The van der Waals surface area contributed by atoms with E-state index in [4.69, 9.17) is 4.74 Å². The zero-order valence-electron chi connectivity index (χ0n) is 10.6. The molecule has 0 radical (unpaired) electrons. The summed E-state index contributed by atoms with van der Waals surface area (Å²) >= 11 is 0. The zero-order chi connectivity index (χ0) is 12.1. The quantitative estimate of drug-likeness (QED) is 0.789. The van der Waals surface area contributed by atoms with Gasteiger partial charge in [0.1, 0.15) is 5.82 Å². The van der Waals surface area contributed by atoms with Crippen LogP contribution in [0.4, 0.5) is 5.82 Å². The van der Waals surface area contributed by atoms with Crippen molar-refractivity contribution in [3.8, 4) is 5.88 Å². The van der Waals surface area contributed by atoms with Crippen molar-refractivity contribution in [1.82, 2.24) is 9.97 Å². The standard InChI is InChI=1S/C13H21N3O/c1-3-17-13-9-14-8-12(16-13)15-10(2)4-5-11-6-7-11/h8-11H,3-7H2,1-2H3,(H,15,16). The van der Waals surface area contributed by atoms with Crippen LogP contribution in [0.25, 0.3) is 0 Å². The summed E-state index contributed by atoms with van der Waals surface area (Å²) in [7, 11) is 0. The average molecular weight is 235 g/mol. The van der Waals surface area contributed by atoms with Crippen molar-refractivity contribution in [3.63, 3.8) is 0 Å². The Morgan fingerprint density at radius 1 is 1.47 bits per heavy atom. The smallest absolute Gasteiger partial charge is 0.234 e. The van der Waals surface area contributed by atoms with E-state index in [0.717, 1.165) is 11.7 Å². The number of nitrogens with zero attached hydrogens (tertiary/aromatic N) is 2. The van der Waals surface area contributed by atoms with Crippen molar-refractivity contribution in [2.24, 2.45) is 5.92 Å². The van der Waals surface area contributed by atoms with Gasteiger partial charge in [0.15, 0.2) is 0 Å². The maximum Gasteiger partial charge on any atom is 0.234 e. The first-order chi connectivity index (χ1) is 8.28. The Kier molecular flexibility index (Phi) is 4.18. The van der Waals surface area contributed by atoms with Gasteiger partial charge in [-0.1, -0.05) is 12.8 Å². The van der Waals surface area contributed by atoms with E-state index in [2.05, 4.69) is 22.2 Å². The highest BCUT2D eigenvalue weighted by molar-refractivity contribution is 5.34. The van der Waals surface area contributed by atoms with Gasteiger partial charge in [-0.25, -0.2) is 0 Å². The van der Waals surface area contributed by atoms with E-state index in [1.807, 2.05) is 6.92 Å². The van der Waals surface area contributed by atoms with E-state index >= 15 is 0 Å². The molecule has 1 aromatic heterocycles. The number of aromatic nitrogens is 2. The van der Waals surface area contributed by atoms with Gasteiger partial charge in [-0.3, -0.25) is 4.98 Å². The molecule has 0 spiro atoms. The van der Waals surface area contributed by atoms with Gasteiger partial charge in [0.2, 0.25) is 5.88 Å². The Morgan fingerprint density at radius 2 is 2.29 bits per heavy atom. The minimum atomic E-state index is 0.446. The largest absolute Gasteiger partial charge is 0.477 e. The molecule has 0 aromatic carbocycles. The van der Waals surface area contributed by atoms with Crippen molar-refractivity contribution in [3.05, 3.63) is 12.4 Å². The topological polar surface area (TPSA) is 47.0 Å². The fourth-order valence-electron chi connectivity index (χ4n) is 1.85. The average Bonchev–Trinajstić information content (AvgIpc) is 3.11. The highest BCUT2D eigenvalue weighted by atomic mass is 16.5. The summed E-state index contributed by atoms with van der Waals surface area (Å²) in [5, 5.41) is 3.37. The summed E-state index contributed by atoms with van der Waals surface area (Å²) in [5.74, 6) is 2.38. The SMILES string of the molecule is CCOc1cncc(NC(C)CCC2CC2)n1. The molecule has 1 aliphatic rings. The number of ether oxygens (including phenoxy) is 1. The molecule has 17 heavy (non-hydrogen) atoms. The second-order valence-electron chi connectivity index (χ2n) is 4.74. The Labute approximate surface area is 103 Å². The van der Waals surface area contributed by atoms with Crippen LogP contribution in [-0.2, 0) is 0 Å². The molecule has 1 N–H and O–H groups in total. The highest BCUT2D eigenvalue weighted by Crippen LogP contribution is 2.34. The molecular formula is C13H21N3O. The fourth-order valence-corrected chi connectivity index (χ4v) is 1.85. The van der Waals surface area contributed by atoms with E-state index in [9.17, 15) is 0 Å². The predicted octanol–water partition coefficient (Wildman–Crippen LogP) is 2.87. The van der Waals surface area contributed by atoms with Gasteiger partial charge >= 0.3 is 0 Å². The summed E-state index contributed by atoms with van der Waals surface area (Å²) in [6.07, 6.45) is 8.76. The third kappa shape index (κ3) is 4.21. The summed E-state index contributed by atoms with van der Waals surface area (Å²) in [5.41, 5.74) is 0. The monoisotopic (exact) mass is 235 g/mol. The summed E-state index contributed by atoms with van der Waals surface area (Å²) in [4.78, 5) is 8.46. The lowest BCUT2D eigenvalue weighted by molar-refractivity contribution is 0.325. The normalized spacial score (nSPS) is 16.6. The molecule has 1 aliphatic carbocycles. The van der Waals surface area contributed by atoms with Crippen LogP contribution in [0.3, 0.4) is 0 Å². The summed E-state index contributed by atoms with van der Waals surface area (Å²) in [6.45, 7) is 4.76. The van der Waals surface area contributed by atoms with Gasteiger partial charge in [-0.05, 0) is 32.6 Å². The zero-order valence-corrected chi connectivity index (χ0v) is 10.6. The van der Waals surface area contributed by atoms with Crippen LogP contribution in [0.5, 0.6) is 5.88 Å². The first-order valence-electron chi connectivity index (χ1n) is 6.49. The third-order valence-corrected chi connectivity index (χ3v) is 3.00. The van der Waals surface area contributed by atoms with Gasteiger partial charge in [0.05, 0.1) is 19.0 Å². The van der Waals surface area contributed by atoms with Crippen LogP contribution in [0, 0.1) is 5.92 Å². The maximum absolute atomic E-state index is 5.32. The molecule has 1 fully saturated rings. The Morgan fingerprint density at radius 3 is 3.00 bits per heavy atom. The first kappa shape index (κ1) is 12.1. The summed E-state index contributed by atoms with van der Waals surface area (Å²) in [6, 6.07) is 0.446. The van der Waals surface area contributed by atoms with E-state index in [1.165, 1.54) is 25.7 Å². The van der Waals surface area contributed by atoms with E-state index in [-0.39, 0.29) is 0 Å². The fraction of sp³-hybridized carbons (Fsp3) is 0.692. The maximum atomic E-state index is 5.32. The number of nitrogens with one attached hydrogen (secondary N) is 1. The summed E-state index contributed by atoms with van der Waals surface area (Å²) < 4.78 is 5.32. The molecule has 1 unspecified atom stereocenters. The van der Waals surface area contributed by atoms with Crippen LogP contribution < -0.4 is 10.1 Å². The van der Waals surface area contributed by atoms with Crippen molar-refractivity contribution in [1.29, 1.82) is 0 Å². The second kappa shape index (κ2) is 5.84. The van der Waals surface area contributed by atoms with Crippen LogP contribution in [0.15, 0.2) is 12.4 Å². The molecule has 0 saturated heterocycles. The Hall–Kier alpha value is -1.32. The van der Waals surface area contributed by atoms with Gasteiger partial charge < -0.3 is 10.1 Å². The van der Waals surface area contributed by atoms with Gasteiger partial charge in [0.25, 0.3) is 0 Å². The Balaban J connectivity index is 1.81. The molecule has 1 heterocycles. The molecule has 1 atom stereocenters. The molecule has 4 nitrogen and oxygen atoms in total. The lowest BCUT2D eigenvalue weighted by Gasteiger charge is -2.14. The first-order valence-corrected chi connectivity index (χ1v) is 6.49. The molecule has 0 bridgehead atoms. The van der Waals surface area contributed by atoms with Crippen molar-refractivity contribution in [2.45, 2.75) is 45.6 Å². The van der Waals surface area contributed by atoms with E-state index in [1.54, 1.807) is 12.4 Å². The minimum Gasteiger partial charge on any atom is -0.477 e. The molecule has 1 aromatic rings.